The summed E-state index contributed by atoms with van der Waals surface area (Å²) in [6, 6.07) is 4.35. The summed E-state index contributed by atoms with van der Waals surface area (Å²) in [5.41, 5.74) is 3.84. The van der Waals surface area contributed by atoms with Gasteiger partial charge in [0.2, 0.25) is 0 Å². The van der Waals surface area contributed by atoms with Crippen molar-refractivity contribution < 1.29 is 19.3 Å². The van der Waals surface area contributed by atoms with Gasteiger partial charge in [-0.25, -0.2) is 14.4 Å². The van der Waals surface area contributed by atoms with E-state index in [1.807, 2.05) is 19.9 Å². The van der Waals surface area contributed by atoms with Crippen LogP contribution in [-0.4, -0.2) is 32.4 Å². The van der Waals surface area contributed by atoms with E-state index in [0.29, 0.717) is 5.56 Å². The number of allylic oxidation sites excluding steroid dienone is 1. The Kier molecular flexibility index (Phi) is 7.69. The highest BCUT2D eigenvalue weighted by Crippen LogP contribution is 2.36. The molecule has 0 spiro atoms. The van der Waals surface area contributed by atoms with Crippen molar-refractivity contribution in [1.29, 1.82) is 0 Å². The van der Waals surface area contributed by atoms with Crippen molar-refractivity contribution in [2.75, 3.05) is 0 Å². The molecule has 0 radical (unpaired) electrons. The minimum Gasteiger partial charge on any atom is -0.392 e. The minimum atomic E-state index is -0.846. The number of aliphatic hydroxyl groups excluding tert-OH is 2. The van der Waals surface area contributed by atoms with Crippen LogP contribution < -0.4 is 0 Å². The maximum Gasteiger partial charge on any atom is 0.128 e. The molecule has 5 nitrogen and oxygen atoms in total. The lowest BCUT2D eigenvalue weighted by Gasteiger charge is -2.23. The molecule has 1 fully saturated rings. The summed E-state index contributed by atoms with van der Waals surface area (Å²) in [6.45, 7) is 5.74. The molecule has 2 heterocycles. The van der Waals surface area contributed by atoms with E-state index in [-0.39, 0.29) is 23.7 Å². The highest BCUT2D eigenvalue weighted by molar-refractivity contribution is 5.54. The van der Waals surface area contributed by atoms with E-state index in [9.17, 15) is 14.6 Å². The second kappa shape index (κ2) is 10.2. The van der Waals surface area contributed by atoms with Gasteiger partial charge in [0.25, 0.3) is 0 Å². The first-order valence-electron chi connectivity index (χ1n) is 10.6. The Hall–Kier alpha value is -2.15. The molecule has 3 rings (SSSR count). The van der Waals surface area contributed by atoms with E-state index in [0.717, 1.165) is 42.6 Å². The Morgan fingerprint density at radius 2 is 2.10 bits per heavy atom. The summed E-state index contributed by atoms with van der Waals surface area (Å²) in [5.74, 6) is -0.230. The van der Waals surface area contributed by atoms with Crippen LogP contribution >= 0.6 is 0 Å². The van der Waals surface area contributed by atoms with Gasteiger partial charge in [0.15, 0.2) is 0 Å². The Morgan fingerprint density at radius 1 is 1.30 bits per heavy atom. The second-order valence-electron chi connectivity index (χ2n) is 7.93. The number of nitrogens with zero attached hydrogens (tertiary/aromatic N) is 2. The summed E-state index contributed by atoms with van der Waals surface area (Å²) in [6.07, 6.45) is 7.88. The van der Waals surface area contributed by atoms with Crippen LogP contribution in [0.5, 0.6) is 0 Å². The van der Waals surface area contributed by atoms with E-state index in [1.54, 1.807) is 12.4 Å². The van der Waals surface area contributed by atoms with Gasteiger partial charge in [0, 0.05) is 22.7 Å². The lowest BCUT2D eigenvalue weighted by atomic mass is 9.90. The Labute approximate surface area is 177 Å². The van der Waals surface area contributed by atoms with E-state index in [4.69, 9.17) is 4.74 Å². The molecule has 0 aliphatic carbocycles. The second-order valence-corrected chi connectivity index (χ2v) is 7.93. The highest BCUT2D eigenvalue weighted by Gasteiger charge is 2.33. The molecule has 1 aliphatic rings. The van der Waals surface area contributed by atoms with Gasteiger partial charge in [-0.1, -0.05) is 25.1 Å². The molecule has 30 heavy (non-hydrogen) atoms. The fourth-order valence-corrected chi connectivity index (χ4v) is 4.24. The SMILES string of the molecule is C/C=C\c1c(C)ncnc1C(CC)C[C@H]1CC[C@@H]([C@H](O)c2ccc(F)c(CO)c2)O1. The van der Waals surface area contributed by atoms with Crippen molar-refractivity contribution in [2.45, 2.75) is 77.3 Å². The summed E-state index contributed by atoms with van der Waals surface area (Å²) < 4.78 is 19.8. The van der Waals surface area contributed by atoms with Gasteiger partial charge in [-0.15, -0.1) is 0 Å². The first-order chi connectivity index (χ1) is 14.5. The van der Waals surface area contributed by atoms with Crippen molar-refractivity contribution in [3.05, 3.63) is 64.5 Å². The Bertz CT molecular complexity index is 887. The third-order valence-corrected chi connectivity index (χ3v) is 5.95. The molecule has 2 N–H and O–H groups in total. The van der Waals surface area contributed by atoms with Crippen LogP contribution in [0.15, 0.2) is 30.6 Å². The quantitative estimate of drug-likeness (QED) is 0.660. The maximum atomic E-state index is 13.6. The van der Waals surface area contributed by atoms with Crippen molar-refractivity contribution >= 4 is 6.08 Å². The third kappa shape index (κ3) is 4.94. The summed E-state index contributed by atoms with van der Waals surface area (Å²) in [4.78, 5) is 8.90. The molecule has 6 heteroatoms. The van der Waals surface area contributed by atoms with Crippen LogP contribution in [0.3, 0.4) is 0 Å². The number of halogens is 1. The summed E-state index contributed by atoms with van der Waals surface area (Å²) in [5, 5.41) is 20.0. The number of benzene rings is 1. The molecule has 1 saturated heterocycles. The van der Waals surface area contributed by atoms with E-state index in [1.165, 1.54) is 12.1 Å². The molecule has 1 aliphatic heterocycles. The van der Waals surface area contributed by atoms with Gasteiger partial charge < -0.3 is 14.9 Å². The van der Waals surface area contributed by atoms with Crippen LogP contribution in [0.4, 0.5) is 4.39 Å². The zero-order valence-electron chi connectivity index (χ0n) is 17.9. The Morgan fingerprint density at radius 3 is 2.80 bits per heavy atom. The van der Waals surface area contributed by atoms with Crippen molar-refractivity contribution in [3.8, 4) is 0 Å². The monoisotopic (exact) mass is 414 g/mol. The zero-order valence-corrected chi connectivity index (χ0v) is 17.9. The van der Waals surface area contributed by atoms with Gasteiger partial charge >= 0.3 is 0 Å². The average Bonchev–Trinajstić information content (AvgIpc) is 3.22. The maximum absolute atomic E-state index is 13.6. The van der Waals surface area contributed by atoms with Gasteiger partial charge in [-0.3, -0.25) is 0 Å². The van der Waals surface area contributed by atoms with Crippen molar-refractivity contribution in [1.82, 2.24) is 9.97 Å². The first-order valence-corrected chi connectivity index (χ1v) is 10.6. The lowest BCUT2D eigenvalue weighted by molar-refractivity contribution is -0.0394. The summed E-state index contributed by atoms with van der Waals surface area (Å²) >= 11 is 0. The van der Waals surface area contributed by atoms with Crippen LogP contribution in [0.2, 0.25) is 0 Å². The third-order valence-electron chi connectivity index (χ3n) is 5.95. The van der Waals surface area contributed by atoms with Gasteiger partial charge in [-0.05, 0) is 57.2 Å². The smallest absolute Gasteiger partial charge is 0.128 e. The number of hydrogen-bond donors (Lipinski definition) is 2. The van der Waals surface area contributed by atoms with Crippen LogP contribution in [0.25, 0.3) is 6.08 Å². The molecule has 2 aromatic rings. The van der Waals surface area contributed by atoms with Gasteiger partial charge in [0.1, 0.15) is 18.2 Å². The number of aliphatic hydroxyl groups is 2. The number of aromatic nitrogens is 2. The standard InChI is InChI=1S/C24H31FN2O3/c1-4-6-20-15(3)26-14-27-23(20)16(5-2)12-19-8-10-22(30-19)24(29)17-7-9-21(25)18(11-17)13-28/h4,6-7,9,11,14,16,19,22,24,28-29H,5,8,10,12-13H2,1-3H3/b6-4-/t16?,19-,22+,24-/m1/s1. The van der Waals surface area contributed by atoms with Crippen LogP contribution in [0.1, 0.15) is 79.6 Å². The molecule has 0 amide bonds. The molecule has 1 unspecified atom stereocenters. The number of hydrogen-bond acceptors (Lipinski definition) is 5. The molecular formula is C24H31FN2O3. The molecule has 4 atom stereocenters. The largest absolute Gasteiger partial charge is 0.392 e. The van der Waals surface area contributed by atoms with Crippen LogP contribution in [-0.2, 0) is 11.3 Å². The topological polar surface area (TPSA) is 75.5 Å². The Balaban J connectivity index is 1.70. The van der Waals surface area contributed by atoms with E-state index >= 15 is 0 Å². The normalized spacial score (nSPS) is 21.3. The molecule has 1 aromatic carbocycles. The molecule has 1 aromatic heterocycles. The van der Waals surface area contributed by atoms with Crippen molar-refractivity contribution in [2.24, 2.45) is 0 Å². The van der Waals surface area contributed by atoms with E-state index in [2.05, 4.69) is 23.0 Å². The lowest BCUT2D eigenvalue weighted by Crippen LogP contribution is -2.21. The number of aryl methyl sites for hydroxylation is 1. The zero-order chi connectivity index (χ0) is 21.7. The van der Waals surface area contributed by atoms with Gasteiger partial charge in [-0.2, -0.15) is 0 Å². The predicted molar refractivity (Wildman–Crippen MR) is 114 cm³/mol. The molecule has 0 bridgehead atoms. The highest BCUT2D eigenvalue weighted by atomic mass is 19.1. The summed E-state index contributed by atoms with van der Waals surface area (Å²) in [7, 11) is 0. The predicted octanol–water partition coefficient (Wildman–Crippen LogP) is 4.61. The minimum absolute atomic E-state index is 0.0288. The van der Waals surface area contributed by atoms with Crippen LogP contribution in [0, 0.1) is 12.7 Å². The molecule has 0 saturated carbocycles. The average molecular weight is 415 g/mol. The number of rotatable bonds is 8. The fraction of sp³-hybridized carbons (Fsp3) is 0.500. The first kappa shape index (κ1) is 22.5. The van der Waals surface area contributed by atoms with Gasteiger partial charge in [0.05, 0.1) is 24.5 Å². The molecule has 162 valence electrons. The fourth-order valence-electron chi connectivity index (χ4n) is 4.24. The van der Waals surface area contributed by atoms with E-state index < -0.39 is 18.5 Å². The van der Waals surface area contributed by atoms with Crippen molar-refractivity contribution in [3.63, 3.8) is 0 Å². The number of ether oxygens (including phenoxy) is 1. The molecular weight excluding hydrogens is 383 g/mol.